The molecule has 1 fully saturated rings. The number of carbonyl (C=O) groups is 1. The van der Waals surface area contributed by atoms with Crippen LogP contribution in [0.15, 0.2) is 47.8 Å². The number of likely N-dealkylation sites (tertiary alicyclic amines) is 1. The predicted octanol–water partition coefficient (Wildman–Crippen LogP) is 2.92. The average molecular weight is 474 g/mol. The van der Waals surface area contributed by atoms with Crippen LogP contribution in [-0.2, 0) is 0 Å². The van der Waals surface area contributed by atoms with Gasteiger partial charge in [0.05, 0.1) is 16.0 Å². The van der Waals surface area contributed by atoms with E-state index in [4.69, 9.17) is 0 Å². The summed E-state index contributed by atoms with van der Waals surface area (Å²) in [7, 11) is 0. The number of amides is 1. The highest BCUT2D eigenvalue weighted by Gasteiger charge is 2.33. The molecule has 34 heavy (non-hydrogen) atoms. The smallest absolute Gasteiger partial charge is 0.261 e. The normalized spacial score (nSPS) is 15.7. The zero-order chi connectivity index (χ0) is 23.4. The summed E-state index contributed by atoms with van der Waals surface area (Å²) in [5.41, 5.74) is 3.07. The fraction of sp³-hybridized carbons (Fsp3) is 0.292. The maximum Gasteiger partial charge on any atom is 0.261 e. The summed E-state index contributed by atoms with van der Waals surface area (Å²) in [5.74, 6) is -0.206. The summed E-state index contributed by atoms with van der Waals surface area (Å²) in [4.78, 5) is 41.2. The van der Waals surface area contributed by atoms with Crippen LogP contribution in [0.4, 0.5) is 0 Å². The summed E-state index contributed by atoms with van der Waals surface area (Å²) in [6, 6.07) is 5.51. The highest BCUT2D eigenvalue weighted by atomic mass is 32.1. The number of carbonyl (C=O) groups excluding carboxylic acids is 1. The van der Waals surface area contributed by atoms with Crippen molar-refractivity contribution in [2.75, 3.05) is 26.2 Å². The number of thiazole rings is 1. The molecular weight excluding hydrogens is 450 g/mol. The summed E-state index contributed by atoms with van der Waals surface area (Å²) >= 11 is 1.48. The molecule has 1 aliphatic rings. The van der Waals surface area contributed by atoms with Crippen molar-refractivity contribution in [2.45, 2.75) is 13.8 Å². The Morgan fingerprint density at radius 2 is 2.12 bits per heavy atom. The molecule has 0 saturated carbocycles. The van der Waals surface area contributed by atoms with Gasteiger partial charge in [-0.15, -0.1) is 11.3 Å². The molecule has 1 saturated heterocycles. The molecule has 0 bridgehead atoms. The van der Waals surface area contributed by atoms with Gasteiger partial charge in [-0.2, -0.15) is 5.10 Å². The van der Waals surface area contributed by atoms with E-state index >= 15 is 0 Å². The van der Waals surface area contributed by atoms with Crippen LogP contribution in [0.5, 0.6) is 0 Å². The van der Waals surface area contributed by atoms with Gasteiger partial charge in [0.2, 0.25) is 0 Å². The van der Waals surface area contributed by atoms with Crippen LogP contribution in [0.3, 0.4) is 0 Å². The predicted molar refractivity (Wildman–Crippen MR) is 132 cm³/mol. The molecule has 172 valence electrons. The van der Waals surface area contributed by atoms with E-state index in [1.807, 2.05) is 18.3 Å². The van der Waals surface area contributed by atoms with Gasteiger partial charge in [0.25, 0.3) is 11.5 Å². The number of rotatable bonds is 5. The second-order valence-electron chi connectivity index (χ2n) is 9.52. The summed E-state index contributed by atoms with van der Waals surface area (Å²) < 4.78 is 1.71. The lowest BCUT2D eigenvalue weighted by molar-refractivity contribution is 0.0323. The molecule has 6 heterocycles. The monoisotopic (exact) mass is 473 g/mol. The largest absolute Gasteiger partial charge is 0.351 e. The molecule has 0 atom stereocenters. The Balaban J connectivity index is 1.29. The molecular formula is C24H23N7O2S. The third kappa shape index (κ3) is 3.55. The van der Waals surface area contributed by atoms with Crippen LogP contribution in [0, 0.1) is 5.41 Å². The van der Waals surface area contributed by atoms with Gasteiger partial charge in [0, 0.05) is 56.5 Å². The number of hydrogen-bond donors (Lipinski definition) is 2. The molecule has 9 nitrogen and oxygen atoms in total. The lowest BCUT2D eigenvalue weighted by atomic mass is 9.84. The lowest BCUT2D eigenvalue weighted by Crippen LogP contribution is -2.54. The van der Waals surface area contributed by atoms with Crippen LogP contribution in [0.25, 0.3) is 37.2 Å². The van der Waals surface area contributed by atoms with Crippen molar-refractivity contribution in [3.8, 4) is 10.4 Å². The Kier molecular flexibility index (Phi) is 4.75. The van der Waals surface area contributed by atoms with Crippen LogP contribution in [0.1, 0.15) is 24.2 Å². The van der Waals surface area contributed by atoms with Crippen molar-refractivity contribution in [2.24, 2.45) is 5.41 Å². The van der Waals surface area contributed by atoms with Crippen LogP contribution < -0.4 is 10.9 Å². The first-order valence-electron chi connectivity index (χ1n) is 11.1. The number of aromatic nitrogens is 5. The highest BCUT2D eigenvalue weighted by molar-refractivity contribution is 7.21. The van der Waals surface area contributed by atoms with Crippen molar-refractivity contribution in [1.82, 2.24) is 34.8 Å². The van der Waals surface area contributed by atoms with E-state index in [0.29, 0.717) is 39.5 Å². The van der Waals surface area contributed by atoms with Gasteiger partial charge in [0.15, 0.2) is 0 Å². The minimum absolute atomic E-state index is 0.206. The molecule has 0 spiro atoms. The second kappa shape index (κ2) is 7.71. The van der Waals surface area contributed by atoms with E-state index in [1.165, 1.54) is 17.5 Å². The zero-order valence-corrected chi connectivity index (χ0v) is 19.6. The number of nitrogens with one attached hydrogen (secondary N) is 2. The van der Waals surface area contributed by atoms with Gasteiger partial charge in [-0.05, 0) is 17.5 Å². The van der Waals surface area contributed by atoms with Crippen LogP contribution >= 0.6 is 11.3 Å². The Labute approximate surface area is 198 Å². The minimum Gasteiger partial charge on any atom is -0.351 e. The number of nitrogens with zero attached hydrogens (tertiary/aromatic N) is 5. The summed E-state index contributed by atoms with van der Waals surface area (Å²) in [6.45, 7) is 7.96. The third-order valence-corrected chi connectivity index (χ3v) is 7.27. The fourth-order valence-corrected chi connectivity index (χ4v) is 5.75. The molecule has 0 aliphatic carbocycles. The van der Waals surface area contributed by atoms with E-state index in [-0.39, 0.29) is 11.5 Å². The number of hydrogen-bond acceptors (Lipinski definition) is 7. The number of aromatic amines is 1. The topological polar surface area (TPSA) is 108 Å². The fourth-order valence-electron chi connectivity index (χ4n) is 4.67. The van der Waals surface area contributed by atoms with Gasteiger partial charge in [-0.3, -0.25) is 19.6 Å². The minimum atomic E-state index is -0.253. The summed E-state index contributed by atoms with van der Waals surface area (Å²) in [5, 5.41) is 8.08. The van der Waals surface area contributed by atoms with Gasteiger partial charge < -0.3 is 15.2 Å². The SMILES string of the molecule is CC1(C)CN(CCNC(=O)c2cnc3c(c2)[nH]c(=O)c2c3nn3cc(-c4cccnc4)sc23)C1. The number of fused-ring (bicyclic) bond motifs is 5. The molecule has 2 N–H and O–H groups in total. The van der Waals surface area contributed by atoms with E-state index in [2.05, 4.69) is 44.1 Å². The first-order valence-corrected chi connectivity index (χ1v) is 11.9. The van der Waals surface area contributed by atoms with Crippen LogP contribution in [-0.4, -0.2) is 61.6 Å². The molecule has 0 radical (unpaired) electrons. The number of H-pyrrole nitrogens is 1. The molecule has 1 aliphatic heterocycles. The highest BCUT2D eigenvalue weighted by Crippen LogP contribution is 2.32. The van der Waals surface area contributed by atoms with Gasteiger partial charge in [-0.1, -0.05) is 19.9 Å². The van der Waals surface area contributed by atoms with Gasteiger partial charge in [0.1, 0.15) is 21.3 Å². The van der Waals surface area contributed by atoms with E-state index in [0.717, 1.165) is 34.9 Å². The van der Waals surface area contributed by atoms with Crippen molar-refractivity contribution < 1.29 is 4.79 Å². The number of pyridine rings is 3. The first-order chi connectivity index (χ1) is 16.4. The Hall–Kier alpha value is -3.63. The standard InChI is InChI=1S/C24H23N7O2S/c1-24(2)12-30(13-24)7-6-26-21(32)15-8-16-19(27-10-15)20-18(22(33)28-16)23-31(29-20)11-17(34-23)14-4-3-5-25-9-14/h3-5,8-11H,6-7,12-13H2,1-2H3,(H,26,32)(H,28,33). The average Bonchev–Trinajstić information content (AvgIpc) is 3.36. The quantitative estimate of drug-likeness (QED) is 0.406. The maximum atomic E-state index is 13.0. The molecule has 0 aromatic carbocycles. The Bertz CT molecular complexity index is 1610. The van der Waals surface area contributed by atoms with Crippen LogP contribution in [0.2, 0.25) is 0 Å². The van der Waals surface area contributed by atoms with Crippen molar-refractivity contribution in [3.63, 3.8) is 0 Å². The Morgan fingerprint density at radius 1 is 1.26 bits per heavy atom. The molecule has 1 amide bonds. The van der Waals surface area contributed by atoms with Gasteiger partial charge in [-0.25, -0.2) is 4.52 Å². The van der Waals surface area contributed by atoms with Crippen molar-refractivity contribution >= 4 is 44.0 Å². The van der Waals surface area contributed by atoms with E-state index in [1.54, 1.807) is 23.0 Å². The molecule has 5 aromatic rings. The summed E-state index contributed by atoms with van der Waals surface area (Å²) in [6.07, 6.45) is 6.94. The van der Waals surface area contributed by atoms with Crippen molar-refractivity contribution in [3.05, 3.63) is 58.9 Å². The second-order valence-corrected chi connectivity index (χ2v) is 10.5. The van der Waals surface area contributed by atoms with E-state index in [9.17, 15) is 9.59 Å². The molecule has 6 rings (SSSR count). The maximum absolute atomic E-state index is 13.0. The lowest BCUT2D eigenvalue weighted by Gasteiger charge is -2.45. The molecule has 0 unspecified atom stereocenters. The Morgan fingerprint density at radius 3 is 2.88 bits per heavy atom. The molecule has 5 aromatic heterocycles. The van der Waals surface area contributed by atoms with Gasteiger partial charge >= 0.3 is 0 Å². The molecule has 10 heteroatoms. The van der Waals surface area contributed by atoms with E-state index < -0.39 is 0 Å². The first kappa shape index (κ1) is 20.9. The third-order valence-electron chi connectivity index (χ3n) is 6.13. The zero-order valence-electron chi connectivity index (χ0n) is 18.8. The van der Waals surface area contributed by atoms with Crippen molar-refractivity contribution in [1.29, 1.82) is 0 Å².